The number of carbonyl (C=O) groups is 1. The average molecular weight is 355 g/mol. The van der Waals surface area contributed by atoms with Gasteiger partial charge < -0.3 is 5.32 Å². The molecule has 0 unspecified atom stereocenters. The number of hydrogen-bond acceptors (Lipinski definition) is 5. The SMILES string of the molecule is O=C(Cn1c(-c2cccs2)noc1=O)N[C@@H]1CCCc2ccccc21. The van der Waals surface area contributed by atoms with Crippen LogP contribution >= 0.6 is 11.3 Å². The molecule has 0 radical (unpaired) electrons. The molecule has 0 saturated carbocycles. The van der Waals surface area contributed by atoms with Crippen molar-refractivity contribution in [2.24, 2.45) is 0 Å². The summed E-state index contributed by atoms with van der Waals surface area (Å²) in [4.78, 5) is 25.2. The molecule has 1 N–H and O–H groups in total. The molecule has 2 aromatic heterocycles. The highest BCUT2D eigenvalue weighted by molar-refractivity contribution is 7.13. The Balaban J connectivity index is 1.53. The van der Waals surface area contributed by atoms with E-state index < -0.39 is 5.76 Å². The van der Waals surface area contributed by atoms with E-state index >= 15 is 0 Å². The van der Waals surface area contributed by atoms with Crippen LogP contribution in [-0.4, -0.2) is 15.6 Å². The average Bonchev–Trinajstić information content (AvgIpc) is 3.26. The molecule has 0 spiro atoms. The summed E-state index contributed by atoms with van der Waals surface area (Å²) in [6.07, 6.45) is 2.98. The molecule has 128 valence electrons. The van der Waals surface area contributed by atoms with Crippen LogP contribution in [0, 0.1) is 0 Å². The van der Waals surface area contributed by atoms with Gasteiger partial charge in [-0.15, -0.1) is 11.3 Å². The Morgan fingerprint density at radius 3 is 3.04 bits per heavy atom. The molecule has 0 saturated heterocycles. The van der Waals surface area contributed by atoms with Gasteiger partial charge in [-0.1, -0.05) is 35.5 Å². The Bertz CT molecular complexity index is 943. The third-order valence-corrected chi connectivity index (χ3v) is 5.30. The fourth-order valence-electron chi connectivity index (χ4n) is 3.28. The van der Waals surface area contributed by atoms with Crippen LogP contribution in [0.5, 0.6) is 0 Å². The second kappa shape index (κ2) is 6.68. The first kappa shape index (κ1) is 15.8. The van der Waals surface area contributed by atoms with Crippen molar-refractivity contribution in [2.75, 3.05) is 0 Å². The summed E-state index contributed by atoms with van der Waals surface area (Å²) < 4.78 is 6.02. The fraction of sp³-hybridized carbons (Fsp3) is 0.278. The van der Waals surface area contributed by atoms with Crippen molar-refractivity contribution in [3.05, 3.63) is 63.5 Å². The molecular formula is C18H17N3O3S. The summed E-state index contributed by atoms with van der Waals surface area (Å²) in [5.74, 6) is -0.452. The van der Waals surface area contributed by atoms with Gasteiger partial charge in [-0.05, 0) is 41.8 Å². The van der Waals surface area contributed by atoms with E-state index in [4.69, 9.17) is 4.52 Å². The van der Waals surface area contributed by atoms with Crippen molar-refractivity contribution < 1.29 is 9.32 Å². The summed E-state index contributed by atoms with van der Waals surface area (Å²) in [6.45, 7) is -0.103. The van der Waals surface area contributed by atoms with E-state index in [0.29, 0.717) is 5.82 Å². The molecule has 25 heavy (non-hydrogen) atoms. The standard InChI is InChI=1S/C18H17N3O3S/c22-16(19-14-8-3-6-12-5-1-2-7-13(12)14)11-21-17(20-24-18(21)23)15-9-4-10-25-15/h1-2,4-5,7,9-10,14H,3,6,8,11H2,(H,19,22)/t14-/m1/s1. The van der Waals surface area contributed by atoms with Crippen LogP contribution in [0.3, 0.4) is 0 Å². The van der Waals surface area contributed by atoms with Crippen LogP contribution in [0.15, 0.2) is 51.1 Å². The lowest BCUT2D eigenvalue weighted by molar-refractivity contribution is -0.122. The highest BCUT2D eigenvalue weighted by Crippen LogP contribution is 2.29. The first-order chi connectivity index (χ1) is 12.2. The van der Waals surface area contributed by atoms with Crippen molar-refractivity contribution >= 4 is 17.2 Å². The van der Waals surface area contributed by atoms with Gasteiger partial charge in [-0.25, -0.2) is 9.36 Å². The molecule has 0 aliphatic heterocycles. The predicted octanol–water partition coefficient (Wildman–Crippen LogP) is 2.76. The zero-order valence-electron chi connectivity index (χ0n) is 13.5. The van der Waals surface area contributed by atoms with Gasteiger partial charge in [0.05, 0.1) is 10.9 Å². The lowest BCUT2D eigenvalue weighted by atomic mass is 9.88. The monoisotopic (exact) mass is 355 g/mol. The van der Waals surface area contributed by atoms with Crippen LogP contribution in [0.25, 0.3) is 10.7 Å². The molecule has 6 nitrogen and oxygen atoms in total. The van der Waals surface area contributed by atoms with E-state index in [-0.39, 0.29) is 18.5 Å². The molecule has 4 rings (SSSR count). The van der Waals surface area contributed by atoms with Gasteiger partial charge in [0, 0.05) is 0 Å². The van der Waals surface area contributed by atoms with Gasteiger partial charge in [-0.2, -0.15) is 0 Å². The molecule has 2 heterocycles. The molecule has 0 fully saturated rings. The molecule has 1 atom stereocenters. The van der Waals surface area contributed by atoms with Crippen LogP contribution in [0.2, 0.25) is 0 Å². The summed E-state index contributed by atoms with van der Waals surface area (Å²) in [5.41, 5.74) is 2.44. The predicted molar refractivity (Wildman–Crippen MR) is 94.3 cm³/mol. The summed E-state index contributed by atoms with van der Waals surface area (Å²) in [7, 11) is 0. The minimum Gasteiger partial charge on any atom is -0.348 e. The number of nitrogens with one attached hydrogen (secondary N) is 1. The highest BCUT2D eigenvalue weighted by Gasteiger charge is 2.23. The van der Waals surface area contributed by atoms with Crippen molar-refractivity contribution in [2.45, 2.75) is 31.8 Å². The number of thiophene rings is 1. The van der Waals surface area contributed by atoms with E-state index in [1.165, 1.54) is 27.0 Å². The van der Waals surface area contributed by atoms with E-state index in [2.05, 4.69) is 22.6 Å². The fourth-order valence-corrected chi connectivity index (χ4v) is 3.99. The van der Waals surface area contributed by atoms with Gasteiger partial charge >= 0.3 is 5.76 Å². The number of hydrogen-bond donors (Lipinski definition) is 1. The van der Waals surface area contributed by atoms with Gasteiger partial charge in [0.25, 0.3) is 0 Å². The van der Waals surface area contributed by atoms with Gasteiger partial charge in [0.2, 0.25) is 5.91 Å². The lowest BCUT2D eigenvalue weighted by Gasteiger charge is -2.26. The number of fused-ring (bicyclic) bond motifs is 1. The van der Waals surface area contributed by atoms with E-state index in [1.807, 2.05) is 29.6 Å². The third kappa shape index (κ3) is 3.15. The Morgan fingerprint density at radius 2 is 2.20 bits per heavy atom. The molecule has 0 bridgehead atoms. The molecule has 1 aromatic carbocycles. The Morgan fingerprint density at radius 1 is 1.32 bits per heavy atom. The quantitative estimate of drug-likeness (QED) is 0.781. The molecule has 7 heteroatoms. The zero-order valence-corrected chi connectivity index (χ0v) is 14.3. The lowest BCUT2D eigenvalue weighted by Crippen LogP contribution is -2.35. The minimum atomic E-state index is -0.623. The maximum absolute atomic E-state index is 12.5. The molecule has 1 aliphatic carbocycles. The molecule has 1 amide bonds. The van der Waals surface area contributed by atoms with Gasteiger partial charge in [-0.3, -0.25) is 9.32 Å². The van der Waals surface area contributed by atoms with Gasteiger partial charge in [0.15, 0.2) is 5.82 Å². The van der Waals surface area contributed by atoms with Gasteiger partial charge in [0.1, 0.15) is 6.54 Å². The number of amides is 1. The van der Waals surface area contributed by atoms with Crippen LogP contribution in [-0.2, 0) is 17.8 Å². The van der Waals surface area contributed by atoms with Crippen molar-refractivity contribution in [1.82, 2.24) is 15.0 Å². The smallest absolute Gasteiger partial charge is 0.348 e. The second-order valence-electron chi connectivity index (χ2n) is 6.05. The van der Waals surface area contributed by atoms with E-state index in [0.717, 1.165) is 24.1 Å². The minimum absolute atomic E-state index is 0.0156. The largest absolute Gasteiger partial charge is 0.442 e. The van der Waals surface area contributed by atoms with Crippen LogP contribution < -0.4 is 11.1 Å². The molecule has 3 aromatic rings. The molecular weight excluding hydrogens is 338 g/mol. The first-order valence-electron chi connectivity index (χ1n) is 8.20. The molecule has 1 aliphatic rings. The summed E-state index contributed by atoms with van der Waals surface area (Å²) in [5, 5.41) is 8.74. The summed E-state index contributed by atoms with van der Waals surface area (Å²) in [6, 6.07) is 11.9. The van der Waals surface area contributed by atoms with E-state index in [9.17, 15) is 9.59 Å². The Hall–Kier alpha value is -2.67. The Labute approximate surface area is 148 Å². The number of nitrogens with zero attached hydrogens (tertiary/aromatic N) is 2. The van der Waals surface area contributed by atoms with Crippen molar-refractivity contribution in [3.8, 4) is 10.7 Å². The number of aryl methyl sites for hydroxylation is 1. The second-order valence-corrected chi connectivity index (χ2v) is 6.99. The Kier molecular flexibility index (Phi) is 4.23. The van der Waals surface area contributed by atoms with E-state index in [1.54, 1.807) is 0 Å². The third-order valence-electron chi connectivity index (χ3n) is 4.43. The number of aromatic nitrogens is 2. The van der Waals surface area contributed by atoms with Crippen molar-refractivity contribution in [3.63, 3.8) is 0 Å². The van der Waals surface area contributed by atoms with Crippen LogP contribution in [0.4, 0.5) is 0 Å². The maximum atomic E-state index is 12.5. The summed E-state index contributed by atoms with van der Waals surface area (Å²) >= 11 is 1.44. The normalized spacial score (nSPS) is 16.4. The first-order valence-corrected chi connectivity index (χ1v) is 9.08. The number of carbonyl (C=O) groups excluding carboxylic acids is 1. The number of benzene rings is 1. The van der Waals surface area contributed by atoms with Crippen molar-refractivity contribution in [1.29, 1.82) is 0 Å². The maximum Gasteiger partial charge on any atom is 0.442 e. The topological polar surface area (TPSA) is 77.1 Å². The number of rotatable bonds is 4. The van der Waals surface area contributed by atoms with Crippen LogP contribution in [0.1, 0.15) is 30.0 Å². The highest BCUT2D eigenvalue weighted by atomic mass is 32.1. The zero-order chi connectivity index (χ0) is 17.2.